The second kappa shape index (κ2) is 7.20. The van der Waals surface area contributed by atoms with Crippen LogP contribution < -0.4 is 0 Å². The highest BCUT2D eigenvalue weighted by Crippen LogP contribution is 2.39. The van der Waals surface area contributed by atoms with E-state index >= 15 is 0 Å². The average molecular weight is 408 g/mol. The number of hydrogen-bond acceptors (Lipinski definition) is 4. The van der Waals surface area contributed by atoms with Gasteiger partial charge in [-0.25, -0.2) is 8.42 Å². The van der Waals surface area contributed by atoms with Crippen LogP contribution in [0.25, 0.3) is 10.9 Å². The normalized spacial score (nSPS) is 22.4. The zero-order chi connectivity index (χ0) is 20.0. The van der Waals surface area contributed by atoms with Crippen molar-refractivity contribution in [2.75, 3.05) is 20.1 Å². The molecule has 150 valence electrons. The van der Waals surface area contributed by atoms with Crippen LogP contribution in [0.3, 0.4) is 0 Å². The molecule has 0 amide bonds. The number of benzene rings is 2. The van der Waals surface area contributed by atoms with E-state index in [1.807, 2.05) is 18.2 Å². The van der Waals surface area contributed by atoms with E-state index in [2.05, 4.69) is 34.1 Å². The zero-order valence-electron chi connectivity index (χ0n) is 16.5. The first-order valence-corrected chi connectivity index (χ1v) is 11.6. The Balaban J connectivity index is 1.47. The molecule has 3 heterocycles. The molecule has 1 aromatic heterocycles. The number of aromatic nitrogens is 1. The molecule has 0 N–H and O–H groups in total. The highest BCUT2D eigenvalue weighted by atomic mass is 32.2. The molecule has 2 unspecified atom stereocenters. The van der Waals surface area contributed by atoms with Crippen molar-refractivity contribution in [3.8, 4) is 0 Å². The van der Waals surface area contributed by atoms with E-state index < -0.39 is 10.0 Å². The topological polar surface area (TPSA) is 53.5 Å². The summed E-state index contributed by atoms with van der Waals surface area (Å²) in [6, 6.07) is 18.0. The van der Waals surface area contributed by atoms with Crippen LogP contribution in [0.2, 0.25) is 0 Å². The van der Waals surface area contributed by atoms with Gasteiger partial charge in [-0.1, -0.05) is 42.5 Å². The summed E-state index contributed by atoms with van der Waals surface area (Å²) in [6.45, 7) is 1.98. The summed E-state index contributed by atoms with van der Waals surface area (Å²) in [4.78, 5) is 7.16. The second-order valence-corrected chi connectivity index (χ2v) is 10.00. The molecule has 6 heteroatoms. The third-order valence-corrected chi connectivity index (χ3v) is 8.48. The van der Waals surface area contributed by atoms with E-state index in [0.29, 0.717) is 16.5 Å². The maximum atomic E-state index is 13.5. The molecule has 0 radical (unpaired) electrons. The first-order valence-electron chi connectivity index (χ1n) is 10.2. The van der Waals surface area contributed by atoms with Crippen LogP contribution in [0.15, 0.2) is 65.7 Å². The fourth-order valence-electron chi connectivity index (χ4n) is 4.90. The molecule has 3 aromatic rings. The monoisotopic (exact) mass is 407 g/mol. The Hall–Kier alpha value is -2.28. The van der Waals surface area contributed by atoms with Crippen molar-refractivity contribution in [2.24, 2.45) is 0 Å². The molecule has 29 heavy (non-hydrogen) atoms. The van der Waals surface area contributed by atoms with E-state index in [9.17, 15) is 8.42 Å². The van der Waals surface area contributed by atoms with Gasteiger partial charge in [0.2, 0.25) is 10.0 Å². The lowest BCUT2D eigenvalue weighted by Gasteiger charge is -2.45. The Kier molecular flexibility index (Phi) is 4.65. The lowest BCUT2D eigenvalue weighted by atomic mass is 9.85. The van der Waals surface area contributed by atoms with Crippen LogP contribution in [-0.2, 0) is 16.4 Å². The van der Waals surface area contributed by atoms with Gasteiger partial charge >= 0.3 is 0 Å². The van der Waals surface area contributed by atoms with Gasteiger partial charge in [-0.2, -0.15) is 4.31 Å². The van der Waals surface area contributed by atoms with Crippen molar-refractivity contribution in [1.82, 2.24) is 14.2 Å². The zero-order valence-corrected chi connectivity index (χ0v) is 17.3. The van der Waals surface area contributed by atoms with E-state index in [1.165, 1.54) is 11.1 Å². The van der Waals surface area contributed by atoms with Gasteiger partial charge in [-0.15, -0.1) is 0 Å². The van der Waals surface area contributed by atoms with Gasteiger partial charge in [0.05, 0.1) is 5.52 Å². The van der Waals surface area contributed by atoms with Gasteiger partial charge in [0.15, 0.2) is 0 Å². The molecule has 5 rings (SSSR count). The maximum Gasteiger partial charge on any atom is 0.245 e. The molecule has 0 saturated carbocycles. The van der Waals surface area contributed by atoms with Gasteiger partial charge in [0.25, 0.3) is 0 Å². The summed E-state index contributed by atoms with van der Waals surface area (Å²) in [5.41, 5.74) is 3.31. The van der Waals surface area contributed by atoms with Crippen molar-refractivity contribution in [1.29, 1.82) is 0 Å². The van der Waals surface area contributed by atoms with Crippen molar-refractivity contribution in [2.45, 2.75) is 36.2 Å². The molecular weight excluding hydrogens is 382 g/mol. The standard InChI is InChI=1S/C23H25N3O2S/c1-25(29(27,28)22-10-4-7-18-8-5-13-24-23(18)22)19-12-15-26-14-11-17-6-2-3-9-20(17)21(26)16-19/h2-10,13,19,21H,11-12,14-16H2,1H3. The maximum absolute atomic E-state index is 13.5. The van der Waals surface area contributed by atoms with Crippen molar-refractivity contribution in [3.05, 3.63) is 71.9 Å². The largest absolute Gasteiger partial charge is 0.296 e. The van der Waals surface area contributed by atoms with Gasteiger partial charge in [-0.3, -0.25) is 9.88 Å². The fourth-order valence-corrected chi connectivity index (χ4v) is 6.46. The number of sulfonamides is 1. The van der Waals surface area contributed by atoms with Crippen LogP contribution in [0, 0.1) is 0 Å². The van der Waals surface area contributed by atoms with Crippen LogP contribution in [0.5, 0.6) is 0 Å². The molecule has 0 bridgehead atoms. The number of fused-ring (bicyclic) bond motifs is 4. The molecule has 1 fully saturated rings. The van der Waals surface area contributed by atoms with Gasteiger partial charge < -0.3 is 0 Å². The number of nitrogens with zero attached hydrogens (tertiary/aromatic N) is 3. The predicted molar refractivity (Wildman–Crippen MR) is 114 cm³/mol. The minimum atomic E-state index is -3.63. The van der Waals surface area contributed by atoms with Crippen LogP contribution in [0.1, 0.15) is 30.0 Å². The van der Waals surface area contributed by atoms with E-state index in [0.717, 1.165) is 37.7 Å². The van der Waals surface area contributed by atoms with Gasteiger partial charge in [0, 0.05) is 43.8 Å². The summed E-state index contributed by atoms with van der Waals surface area (Å²) in [7, 11) is -1.90. The van der Waals surface area contributed by atoms with E-state index in [4.69, 9.17) is 0 Å². The minimum absolute atomic E-state index is 0.0219. The second-order valence-electron chi connectivity index (χ2n) is 8.03. The van der Waals surface area contributed by atoms with E-state index in [1.54, 1.807) is 29.7 Å². The van der Waals surface area contributed by atoms with Crippen LogP contribution >= 0.6 is 0 Å². The summed E-state index contributed by atoms with van der Waals surface area (Å²) in [6.07, 6.45) is 4.41. The number of pyridine rings is 1. The molecule has 2 atom stereocenters. The SMILES string of the molecule is CN(C1CCN2CCc3ccccc3C2C1)S(=O)(=O)c1cccc2cccnc12. The fraction of sp³-hybridized carbons (Fsp3) is 0.348. The molecule has 2 aliphatic rings. The molecule has 1 saturated heterocycles. The first kappa shape index (κ1) is 18.7. The summed E-state index contributed by atoms with van der Waals surface area (Å²) in [5, 5.41) is 0.845. The highest BCUT2D eigenvalue weighted by molar-refractivity contribution is 7.89. The molecule has 2 aliphatic heterocycles. The summed E-state index contributed by atoms with van der Waals surface area (Å²) < 4.78 is 28.6. The van der Waals surface area contributed by atoms with Crippen molar-refractivity contribution in [3.63, 3.8) is 0 Å². The lowest BCUT2D eigenvalue weighted by Crippen LogP contribution is -2.48. The Morgan fingerprint density at radius 1 is 1.03 bits per heavy atom. The molecule has 5 nitrogen and oxygen atoms in total. The predicted octanol–water partition coefficient (Wildman–Crippen LogP) is 3.62. The summed E-state index contributed by atoms with van der Waals surface area (Å²) in [5.74, 6) is 0. The third-order valence-electron chi connectivity index (χ3n) is 6.54. The van der Waals surface area contributed by atoms with Crippen molar-refractivity contribution < 1.29 is 8.42 Å². The lowest BCUT2D eigenvalue weighted by molar-refractivity contribution is 0.0970. The Morgan fingerprint density at radius 3 is 2.76 bits per heavy atom. The van der Waals surface area contributed by atoms with Crippen LogP contribution in [0.4, 0.5) is 0 Å². The Bertz CT molecular complexity index is 1160. The number of hydrogen-bond donors (Lipinski definition) is 0. The molecule has 2 aromatic carbocycles. The third kappa shape index (κ3) is 3.16. The number of para-hydroxylation sites is 1. The average Bonchev–Trinajstić information content (AvgIpc) is 2.77. The highest BCUT2D eigenvalue weighted by Gasteiger charge is 2.38. The quantitative estimate of drug-likeness (QED) is 0.666. The Morgan fingerprint density at radius 2 is 1.86 bits per heavy atom. The van der Waals surface area contributed by atoms with Crippen LogP contribution in [-0.4, -0.2) is 48.8 Å². The Labute approximate surface area is 172 Å². The minimum Gasteiger partial charge on any atom is -0.296 e. The van der Waals surface area contributed by atoms with Gasteiger partial charge in [0.1, 0.15) is 4.90 Å². The van der Waals surface area contributed by atoms with Gasteiger partial charge in [-0.05, 0) is 42.5 Å². The van der Waals surface area contributed by atoms with E-state index in [-0.39, 0.29) is 6.04 Å². The first-order chi connectivity index (χ1) is 14.1. The molecule has 0 spiro atoms. The number of piperidine rings is 1. The summed E-state index contributed by atoms with van der Waals surface area (Å²) >= 11 is 0. The molecular formula is C23H25N3O2S. The van der Waals surface area contributed by atoms with Crippen molar-refractivity contribution >= 4 is 20.9 Å². The number of rotatable bonds is 3. The smallest absolute Gasteiger partial charge is 0.245 e. The molecule has 0 aliphatic carbocycles.